The molecular formula is C20H23ClN4O. The molecule has 1 saturated heterocycles. The second kappa shape index (κ2) is 7.35. The molecule has 5 nitrogen and oxygen atoms in total. The first-order chi connectivity index (χ1) is 12.6. The molecule has 1 aliphatic heterocycles. The Morgan fingerprint density at radius 3 is 2.88 bits per heavy atom. The summed E-state index contributed by atoms with van der Waals surface area (Å²) in [7, 11) is 0. The number of rotatable bonds is 4. The van der Waals surface area contributed by atoms with Gasteiger partial charge in [-0.25, -0.2) is 4.98 Å². The highest BCUT2D eigenvalue weighted by Gasteiger charge is 2.22. The molecule has 3 aromatic rings. The van der Waals surface area contributed by atoms with E-state index in [1.807, 2.05) is 29.8 Å². The van der Waals surface area contributed by atoms with Crippen molar-refractivity contribution in [3.05, 3.63) is 58.6 Å². The van der Waals surface area contributed by atoms with Crippen LogP contribution >= 0.6 is 11.6 Å². The number of aromatic nitrogens is 3. The Morgan fingerprint density at radius 2 is 2.08 bits per heavy atom. The third-order valence-electron chi connectivity index (χ3n) is 4.84. The van der Waals surface area contributed by atoms with Gasteiger partial charge >= 0.3 is 0 Å². The Labute approximate surface area is 158 Å². The predicted molar refractivity (Wildman–Crippen MR) is 103 cm³/mol. The highest BCUT2D eigenvalue weighted by molar-refractivity contribution is 6.34. The van der Waals surface area contributed by atoms with E-state index in [0.717, 1.165) is 54.9 Å². The summed E-state index contributed by atoms with van der Waals surface area (Å²) in [6.45, 7) is 8.16. The highest BCUT2D eigenvalue weighted by Crippen LogP contribution is 2.23. The Balaban J connectivity index is 1.46. The van der Waals surface area contributed by atoms with Crippen LogP contribution in [0.1, 0.15) is 17.1 Å². The summed E-state index contributed by atoms with van der Waals surface area (Å²) < 4.78 is 8.00. The topological polar surface area (TPSA) is 43.2 Å². The van der Waals surface area contributed by atoms with Gasteiger partial charge in [0.25, 0.3) is 0 Å². The maximum atomic E-state index is 6.37. The van der Waals surface area contributed by atoms with Crippen molar-refractivity contribution in [2.75, 3.05) is 19.7 Å². The number of halogens is 1. The third-order valence-corrected chi connectivity index (χ3v) is 5.12. The summed E-state index contributed by atoms with van der Waals surface area (Å²) in [5.74, 6) is 0. The molecule has 0 spiro atoms. The number of hydrogen-bond acceptors (Lipinski definition) is 4. The van der Waals surface area contributed by atoms with Gasteiger partial charge < -0.3 is 4.74 Å². The summed E-state index contributed by atoms with van der Waals surface area (Å²) in [4.78, 5) is 6.97. The van der Waals surface area contributed by atoms with Crippen molar-refractivity contribution in [2.45, 2.75) is 33.0 Å². The molecule has 6 heteroatoms. The molecule has 3 heterocycles. The van der Waals surface area contributed by atoms with Gasteiger partial charge in [0.2, 0.25) is 0 Å². The minimum Gasteiger partial charge on any atom is -0.374 e. The lowest BCUT2D eigenvalue weighted by Gasteiger charge is -2.32. The zero-order valence-electron chi connectivity index (χ0n) is 15.2. The number of aryl methyl sites for hydroxylation is 2. The van der Waals surface area contributed by atoms with Gasteiger partial charge in [0.15, 0.2) is 0 Å². The Kier molecular flexibility index (Phi) is 4.94. The maximum absolute atomic E-state index is 6.37. The average molecular weight is 371 g/mol. The van der Waals surface area contributed by atoms with E-state index in [1.54, 1.807) is 0 Å². The van der Waals surface area contributed by atoms with E-state index in [1.165, 1.54) is 5.69 Å². The number of nitrogens with zero attached hydrogens (tertiary/aromatic N) is 4. The van der Waals surface area contributed by atoms with E-state index in [-0.39, 0.29) is 6.10 Å². The van der Waals surface area contributed by atoms with Crippen molar-refractivity contribution < 1.29 is 4.74 Å². The predicted octanol–water partition coefficient (Wildman–Crippen LogP) is 3.60. The Morgan fingerprint density at radius 1 is 1.23 bits per heavy atom. The first-order valence-electron chi connectivity index (χ1n) is 8.97. The Bertz CT molecular complexity index is 923. The lowest BCUT2D eigenvalue weighted by atomic mass is 10.1. The van der Waals surface area contributed by atoms with Gasteiger partial charge in [-0.15, -0.1) is 0 Å². The fourth-order valence-corrected chi connectivity index (χ4v) is 3.89. The fraction of sp³-hybridized carbons (Fsp3) is 0.400. The van der Waals surface area contributed by atoms with Gasteiger partial charge in [-0.2, -0.15) is 5.10 Å². The van der Waals surface area contributed by atoms with E-state index in [9.17, 15) is 0 Å². The largest absolute Gasteiger partial charge is 0.374 e. The van der Waals surface area contributed by atoms with E-state index >= 15 is 0 Å². The molecule has 1 fully saturated rings. The molecule has 0 N–H and O–H groups in total. The number of ether oxygens (including phenoxy) is 1. The van der Waals surface area contributed by atoms with Crippen molar-refractivity contribution in [2.24, 2.45) is 0 Å². The van der Waals surface area contributed by atoms with Crippen molar-refractivity contribution in [1.82, 2.24) is 19.7 Å². The van der Waals surface area contributed by atoms with Gasteiger partial charge in [0.05, 0.1) is 30.6 Å². The van der Waals surface area contributed by atoms with Crippen LogP contribution in [0.15, 0.2) is 36.4 Å². The SMILES string of the molecule is Cc1cc(C)n(C[C@@H]2CN(Cc3cc4ccccc4c(Cl)n3)CCO2)n1. The summed E-state index contributed by atoms with van der Waals surface area (Å²) in [5.41, 5.74) is 3.22. The zero-order chi connectivity index (χ0) is 18.1. The summed E-state index contributed by atoms with van der Waals surface area (Å²) in [6.07, 6.45) is 0.137. The van der Waals surface area contributed by atoms with Crippen molar-refractivity contribution >= 4 is 22.4 Å². The summed E-state index contributed by atoms with van der Waals surface area (Å²) >= 11 is 6.37. The van der Waals surface area contributed by atoms with Crippen LogP contribution in [-0.2, 0) is 17.8 Å². The molecule has 1 aliphatic rings. The number of fused-ring (bicyclic) bond motifs is 1. The van der Waals surface area contributed by atoms with Crippen LogP contribution in [-0.4, -0.2) is 45.5 Å². The highest BCUT2D eigenvalue weighted by atomic mass is 35.5. The van der Waals surface area contributed by atoms with E-state index < -0.39 is 0 Å². The second-order valence-corrected chi connectivity index (χ2v) is 7.32. The summed E-state index contributed by atoms with van der Waals surface area (Å²) in [6, 6.07) is 12.3. The monoisotopic (exact) mass is 370 g/mol. The molecular weight excluding hydrogens is 348 g/mol. The molecule has 1 aromatic carbocycles. The molecule has 2 aromatic heterocycles. The van der Waals surface area contributed by atoms with E-state index in [2.05, 4.69) is 40.1 Å². The molecule has 26 heavy (non-hydrogen) atoms. The molecule has 0 saturated carbocycles. The quantitative estimate of drug-likeness (QED) is 0.658. The van der Waals surface area contributed by atoms with E-state index in [4.69, 9.17) is 16.3 Å². The fourth-order valence-electron chi connectivity index (χ4n) is 3.61. The van der Waals surface area contributed by atoms with Crippen molar-refractivity contribution in [3.8, 4) is 0 Å². The third kappa shape index (κ3) is 3.75. The number of morpholine rings is 1. The van der Waals surface area contributed by atoms with E-state index in [0.29, 0.717) is 5.15 Å². The van der Waals surface area contributed by atoms with Crippen LogP contribution < -0.4 is 0 Å². The lowest BCUT2D eigenvalue weighted by molar-refractivity contribution is -0.0408. The lowest BCUT2D eigenvalue weighted by Crippen LogP contribution is -2.44. The number of hydrogen-bond donors (Lipinski definition) is 0. The smallest absolute Gasteiger partial charge is 0.137 e. The summed E-state index contributed by atoms with van der Waals surface area (Å²) in [5, 5.41) is 7.26. The standard InChI is InChI=1S/C20H23ClN4O/c1-14-9-15(2)25(23-14)13-18-12-24(7-8-26-18)11-17-10-16-5-3-4-6-19(16)20(21)22-17/h3-6,9-10,18H,7-8,11-13H2,1-2H3/t18-/m0/s1. The van der Waals surface area contributed by atoms with Crippen LogP contribution in [0, 0.1) is 13.8 Å². The molecule has 136 valence electrons. The number of pyridine rings is 1. The van der Waals surface area contributed by atoms with Crippen LogP contribution in [0.3, 0.4) is 0 Å². The number of benzene rings is 1. The first kappa shape index (κ1) is 17.5. The normalized spacial score (nSPS) is 18.5. The van der Waals surface area contributed by atoms with Crippen LogP contribution in [0.5, 0.6) is 0 Å². The Hall–Kier alpha value is -1.95. The molecule has 4 rings (SSSR count). The second-order valence-electron chi connectivity index (χ2n) is 6.96. The van der Waals surface area contributed by atoms with Gasteiger partial charge in [0, 0.05) is 30.7 Å². The van der Waals surface area contributed by atoms with Gasteiger partial charge in [-0.1, -0.05) is 35.9 Å². The van der Waals surface area contributed by atoms with Gasteiger partial charge in [-0.3, -0.25) is 9.58 Å². The maximum Gasteiger partial charge on any atom is 0.137 e. The van der Waals surface area contributed by atoms with Gasteiger partial charge in [-0.05, 0) is 31.4 Å². The molecule has 0 bridgehead atoms. The molecule has 0 amide bonds. The van der Waals surface area contributed by atoms with Crippen molar-refractivity contribution in [3.63, 3.8) is 0 Å². The average Bonchev–Trinajstić information content (AvgIpc) is 2.92. The van der Waals surface area contributed by atoms with Crippen LogP contribution in [0.2, 0.25) is 5.15 Å². The van der Waals surface area contributed by atoms with Crippen LogP contribution in [0.4, 0.5) is 0 Å². The first-order valence-corrected chi connectivity index (χ1v) is 9.35. The zero-order valence-corrected chi connectivity index (χ0v) is 15.9. The minimum absolute atomic E-state index is 0.137. The molecule has 0 unspecified atom stereocenters. The van der Waals surface area contributed by atoms with Crippen molar-refractivity contribution in [1.29, 1.82) is 0 Å². The van der Waals surface area contributed by atoms with Gasteiger partial charge in [0.1, 0.15) is 5.15 Å². The van der Waals surface area contributed by atoms with Crippen LogP contribution in [0.25, 0.3) is 10.8 Å². The minimum atomic E-state index is 0.137. The molecule has 1 atom stereocenters. The molecule has 0 radical (unpaired) electrons. The molecule has 0 aliphatic carbocycles.